The quantitative estimate of drug-likeness (QED) is 0.739. The van der Waals surface area contributed by atoms with Gasteiger partial charge in [-0.1, -0.05) is 6.92 Å². The average molecular weight is 190 g/mol. The normalized spacial score (nSPS) is 25.2. The second-order valence-electron chi connectivity index (χ2n) is 3.71. The van der Waals surface area contributed by atoms with Crippen LogP contribution >= 0.6 is 0 Å². The van der Waals surface area contributed by atoms with Crippen molar-refractivity contribution in [1.82, 2.24) is 25.0 Å². The van der Waals surface area contributed by atoms with Gasteiger partial charge in [-0.05, 0) is 22.8 Å². The van der Waals surface area contributed by atoms with E-state index in [9.17, 15) is 0 Å². The van der Waals surface area contributed by atoms with Crippen LogP contribution in [0.2, 0.25) is 0 Å². The van der Waals surface area contributed by atoms with Gasteiger partial charge in [0.15, 0.2) is 11.5 Å². The Labute approximate surface area is 80.3 Å². The fourth-order valence-electron chi connectivity index (χ4n) is 1.49. The third-order valence-electron chi connectivity index (χ3n) is 2.55. The zero-order valence-electron chi connectivity index (χ0n) is 7.75. The van der Waals surface area contributed by atoms with E-state index in [0.29, 0.717) is 11.7 Å². The summed E-state index contributed by atoms with van der Waals surface area (Å²) in [5, 5.41) is 14.6. The van der Waals surface area contributed by atoms with Crippen molar-refractivity contribution in [2.24, 2.45) is 5.92 Å². The van der Waals surface area contributed by atoms with Crippen molar-refractivity contribution in [1.29, 1.82) is 0 Å². The van der Waals surface area contributed by atoms with E-state index in [-0.39, 0.29) is 0 Å². The van der Waals surface area contributed by atoms with Crippen molar-refractivity contribution >= 4 is 11.5 Å². The van der Waals surface area contributed by atoms with Crippen LogP contribution in [-0.2, 0) is 0 Å². The van der Waals surface area contributed by atoms with Crippen LogP contribution in [-0.4, -0.2) is 31.1 Å². The van der Waals surface area contributed by atoms with Crippen LogP contribution in [0.15, 0.2) is 12.4 Å². The van der Waals surface area contributed by atoms with E-state index < -0.39 is 0 Å². The van der Waals surface area contributed by atoms with Gasteiger partial charge < -0.3 is 5.32 Å². The monoisotopic (exact) mass is 190 g/mol. The predicted molar refractivity (Wildman–Crippen MR) is 49.8 cm³/mol. The zero-order chi connectivity index (χ0) is 9.54. The van der Waals surface area contributed by atoms with Crippen LogP contribution in [0.4, 0.5) is 5.82 Å². The van der Waals surface area contributed by atoms with E-state index in [0.717, 1.165) is 11.7 Å². The van der Waals surface area contributed by atoms with Crippen molar-refractivity contribution in [3.8, 4) is 0 Å². The summed E-state index contributed by atoms with van der Waals surface area (Å²) in [6.07, 6.45) is 4.59. The lowest BCUT2D eigenvalue weighted by Crippen LogP contribution is -2.08. The summed E-state index contributed by atoms with van der Waals surface area (Å²) in [6.45, 7) is 2.21. The number of anilines is 1. The predicted octanol–water partition coefficient (Wildman–Crippen LogP) is 0.340. The van der Waals surface area contributed by atoms with Crippen LogP contribution in [0, 0.1) is 5.92 Å². The van der Waals surface area contributed by atoms with Crippen molar-refractivity contribution < 1.29 is 0 Å². The number of aromatic nitrogens is 5. The first-order valence-corrected chi connectivity index (χ1v) is 4.63. The van der Waals surface area contributed by atoms with Gasteiger partial charge in [0.1, 0.15) is 0 Å². The van der Waals surface area contributed by atoms with Gasteiger partial charge in [-0.25, -0.2) is 0 Å². The van der Waals surface area contributed by atoms with Gasteiger partial charge in [-0.2, -0.15) is 4.52 Å². The van der Waals surface area contributed by atoms with E-state index in [1.54, 1.807) is 16.9 Å². The molecule has 0 aromatic carbocycles. The SMILES string of the molecule is CC1CC1Nc1cncc2nnnn12. The minimum Gasteiger partial charge on any atom is -0.366 e. The molecular weight excluding hydrogens is 180 g/mol. The Kier molecular flexibility index (Phi) is 1.44. The van der Waals surface area contributed by atoms with E-state index in [4.69, 9.17) is 0 Å². The van der Waals surface area contributed by atoms with E-state index in [1.807, 2.05) is 0 Å². The molecule has 0 saturated heterocycles. The number of fused-ring (bicyclic) bond motifs is 1. The highest BCUT2D eigenvalue weighted by atomic mass is 15.5. The number of tetrazole rings is 1. The summed E-state index contributed by atoms with van der Waals surface area (Å²) in [5.74, 6) is 1.60. The molecule has 14 heavy (non-hydrogen) atoms. The Balaban J connectivity index is 1.98. The Morgan fingerprint density at radius 3 is 3.14 bits per heavy atom. The molecule has 1 saturated carbocycles. The fourth-order valence-corrected chi connectivity index (χ4v) is 1.49. The van der Waals surface area contributed by atoms with Gasteiger partial charge in [-0.3, -0.25) is 4.98 Å². The molecule has 2 aromatic rings. The standard InChI is InChI=1S/C8H10N6/c1-5-2-6(5)10-7-3-9-4-8-11-12-13-14(7)8/h3-6,10H,2H2,1H3. The molecule has 1 fully saturated rings. The van der Waals surface area contributed by atoms with Gasteiger partial charge in [-0.15, -0.1) is 5.10 Å². The maximum absolute atomic E-state index is 4.07. The second-order valence-corrected chi connectivity index (χ2v) is 3.71. The Bertz CT molecular complexity index is 464. The molecule has 1 aliphatic carbocycles. The van der Waals surface area contributed by atoms with Crippen molar-refractivity contribution in [2.75, 3.05) is 5.32 Å². The maximum Gasteiger partial charge on any atom is 0.199 e. The average Bonchev–Trinajstić information content (AvgIpc) is 2.69. The van der Waals surface area contributed by atoms with Crippen molar-refractivity contribution in [3.63, 3.8) is 0 Å². The van der Waals surface area contributed by atoms with E-state index >= 15 is 0 Å². The summed E-state index contributed by atoms with van der Waals surface area (Å²) >= 11 is 0. The summed E-state index contributed by atoms with van der Waals surface area (Å²) in [5.41, 5.74) is 0.670. The van der Waals surface area contributed by atoms with Crippen LogP contribution < -0.4 is 5.32 Å². The first kappa shape index (κ1) is 7.66. The molecule has 0 spiro atoms. The molecule has 2 atom stereocenters. The highest BCUT2D eigenvalue weighted by Crippen LogP contribution is 2.32. The Morgan fingerprint density at radius 1 is 1.50 bits per heavy atom. The molecule has 0 radical (unpaired) electrons. The summed E-state index contributed by atoms with van der Waals surface area (Å²) in [4.78, 5) is 4.07. The number of nitrogens with zero attached hydrogens (tertiary/aromatic N) is 5. The largest absolute Gasteiger partial charge is 0.366 e. The molecule has 3 rings (SSSR count). The molecule has 6 nitrogen and oxygen atoms in total. The summed E-state index contributed by atoms with van der Waals surface area (Å²) in [6, 6.07) is 0.548. The van der Waals surface area contributed by atoms with E-state index in [2.05, 4.69) is 32.7 Å². The molecule has 72 valence electrons. The van der Waals surface area contributed by atoms with Crippen LogP contribution in [0.5, 0.6) is 0 Å². The first-order valence-electron chi connectivity index (χ1n) is 4.63. The minimum atomic E-state index is 0.548. The molecule has 2 unspecified atom stereocenters. The maximum atomic E-state index is 4.07. The van der Waals surface area contributed by atoms with Crippen molar-refractivity contribution in [2.45, 2.75) is 19.4 Å². The highest BCUT2D eigenvalue weighted by Gasteiger charge is 2.32. The van der Waals surface area contributed by atoms with E-state index in [1.165, 1.54) is 6.42 Å². The summed E-state index contributed by atoms with van der Waals surface area (Å²) < 4.78 is 1.66. The smallest absolute Gasteiger partial charge is 0.199 e. The number of hydrogen-bond donors (Lipinski definition) is 1. The molecule has 0 aliphatic heterocycles. The number of hydrogen-bond acceptors (Lipinski definition) is 5. The highest BCUT2D eigenvalue weighted by molar-refractivity contribution is 5.45. The van der Waals surface area contributed by atoms with Crippen LogP contribution in [0.1, 0.15) is 13.3 Å². The lowest BCUT2D eigenvalue weighted by atomic mass is 10.5. The third-order valence-corrected chi connectivity index (χ3v) is 2.55. The number of nitrogens with one attached hydrogen (secondary N) is 1. The molecule has 1 aliphatic rings. The Hall–Kier alpha value is -1.72. The van der Waals surface area contributed by atoms with Gasteiger partial charge in [0, 0.05) is 6.04 Å². The molecule has 0 bridgehead atoms. The third kappa shape index (κ3) is 1.11. The minimum absolute atomic E-state index is 0.548. The molecule has 1 N–H and O–H groups in total. The molecule has 6 heteroatoms. The molecular formula is C8H10N6. The lowest BCUT2D eigenvalue weighted by Gasteiger charge is -2.04. The number of rotatable bonds is 2. The fraction of sp³-hybridized carbons (Fsp3) is 0.500. The topological polar surface area (TPSA) is 68.0 Å². The van der Waals surface area contributed by atoms with Gasteiger partial charge in [0.05, 0.1) is 12.4 Å². The summed E-state index contributed by atoms with van der Waals surface area (Å²) in [7, 11) is 0. The van der Waals surface area contributed by atoms with Crippen LogP contribution in [0.3, 0.4) is 0 Å². The van der Waals surface area contributed by atoms with Crippen molar-refractivity contribution in [3.05, 3.63) is 12.4 Å². The molecule has 0 amide bonds. The molecule has 2 heterocycles. The zero-order valence-corrected chi connectivity index (χ0v) is 7.75. The van der Waals surface area contributed by atoms with Crippen LogP contribution in [0.25, 0.3) is 5.65 Å². The molecule has 2 aromatic heterocycles. The van der Waals surface area contributed by atoms with Gasteiger partial charge >= 0.3 is 0 Å². The Morgan fingerprint density at radius 2 is 2.36 bits per heavy atom. The van der Waals surface area contributed by atoms with Gasteiger partial charge in [0.2, 0.25) is 0 Å². The second kappa shape index (κ2) is 2.63. The first-order chi connectivity index (χ1) is 6.84. The lowest BCUT2D eigenvalue weighted by molar-refractivity contribution is 0.813. The van der Waals surface area contributed by atoms with Gasteiger partial charge in [0.25, 0.3) is 0 Å².